The number of aliphatic hydroxyl groups excluding tert-OH is 1. The summed E-state index contributed by atoms with van der Waals surface area (Å²) in [4.78, 5) is 0. The van der Waals surface area contributed by atoms with Gasteiger partial charge in [0.25, 0.3) is 0 Å². The minimum absolute atomic E-state index is 0.327. The van der Waals surface area contributed by atoms with Crippen molar-refractivity contribution >= 4 is 15.9 Å². The van der Waals surface area contributed by atoms with E-state index in [2.05, 4.69) is 15.9 Å². The molecule has 0 spiro atoms. The van der Waals surface area contributed by atoms with E-state index in [1.54, 1.807) is 18.2 Å². The zero-order valence-corrected chi connectivity index (χ0v) is 11.6. The Morgan fingerprint density at radius 2 is 1.89 bits per heavy atom. The van der Waals surface area contributed by atoms with Crippen molar-refractivity contribution in [2.24, 2.45) is 0 Å². The van der Waals surface area contributed by atoms with Crippen LogP contribution in [0, 0.1) is 12.7 Å². The number of halogens is 2. The molecular weight excluding hydrogens is 295 g/mol. The summed E-state index contributed by atoms with van der Waals surface area (Å²) >= 11 is 3.13. The molecule has 0 aliphatic rings. The van der Waals surface area contributed by atoms with Crippen LogP contribution in [0.2, 0.25) is 0 Å². The molecule has 1 nitrogen and oxygen atoms in total. The normalized spacial score (nSPS) is 12.4. The number of hydrogen-bond acceptors (Lipinski definition) is 1. The van der Waals surface area contributed by atoms with Crippen LogP contribution in [-0.4, -0.2) is 5.11 Å². The highest BCUT2D eigenvalue weighted by Crippen LogP contribution is 2.26. The first-order valence-corrected chi connectivity index (χ1v) is 6.55. The third-order valence-corrected chi connectivity index (χ3v) is 3.63. The summed E-state index contributed by atoms with van der Waals surface area (Å²) in [5.41, 5.74) is 2.46. The summed E-state index contributed by atoms with van der Waals surface area (Å²) in [7, 11) is 0. The standard InChI is InChI=1S/C15H14BrFO/c1-10-5-2-3-6-11(10)9-14(18)12-7-4-8-13(16)15(12)17/h2-8,14,18H,9H2,1H3. The van der Waals surface area contributed by atoms with Gasteiger partial charge in [-0.1, -0.05) is 36.4 Å². The van der Waals surface area contributed by atoms with Crippen molar-refractivity contribution in [3.05, 3.63) is 69.4 Å². The zero-order valence-electron chi connectivity index (χ0n) is 10.0. The number of aliphatic hydroxyl groups is 1. The molecule has 0 amide bonds. The second-order valence-electron chi connectivity index (χ2n) is 4.29. The fourth-order valence-corrected chi connectivity index (χ4v) is 2.32. The molecule has 0 radical (unpaired) electrons. The largest absolute Gasteiger partial charge is 0.388 e. The van der Waals surface area contributed by atoms with Gasteiger partial charge in [-0.15, -0.1) is 0 Å². The molecule has 2 rings (SSSR count). The van der Waals surface area contributed by atoms with E-state index in [-0.39, 0.29) is 0 Å². The first-order valence-electron chi connectivity index (χ1n) is 5.76. The molecule has 0 fully saturated rings. The van der Waals surface area contributed by atoms with Crippen LogP contribution in [0.4, 0.5) is 4.39 Å². The third-order valence-electron chi connectivity index (χ3n) is 3.01. The SMILES string of the molecule is Cc1ccccc1CC(O)c1cccc(Br)c1F. The lowest BCUT2D eigenvalue weighted by Gasteiger charge is -2.14. The van der Waals surface area contributed by atoms with E-state index in [1.165, 1.54) is 0 Å². The van der Waals surface area contributed by atoms with Crippen LogP contribution in [0.3, 0.4) is 0 Å². The Kier molecular flexibility index (Phi) is 4.15. The first-order chi connectivity index (χ1) is 8.59. The summed E-state index contributed by atoms with van der Waals surface area (Å²) in [6.07, 6.45) is -0.413. The maximum Gasteiger partial charge on any atom is 0.143 e. The molecular formula is C15H14BrFO. The molecule has 0 saturated carbocycles. The molecule has 0 bridgehead atoms. The molecule has 0 aliphatic heterocycles. The van der Waals surface area contributed by atoms with Crippen molar-refractivity contribution in [2.45, 2.75) is 19.4 Å². The fraction of sp³-hybridized carbons (Fsp3) is 0.200. The van der Waals surface area contributed by atoms with Crippen molar-refractivity contribution in [1.29, 1.82) is 0 Å². The minimum Gasteiger partial charge on any atom is -0.388 e. The Morgan fingerprint density at radius 3 is 2.61 bits per heavy atom. The van der Waals surface area contributed by atoms with Crippen molar-refractivity contribution in [3.8, 4) is 0 Å². The zero-order chi connectivity index (χ0) is 13.1. The second-order valence-corrected chi connectivity index (χ2v) is 5.14. The predicted molar refractivity (Wildman–Crippen MR) is 73.9 cm³/mol. The van der Waals surface area contributed by atoms with E-state index in [4.69, 9.17) is 0 Å². The summed E-state index contributed by atoms with van der Waals surface area (Å²) in [5, 5.41) is 10.1. The van der Waals surface area contributed by atoms with E-state index in [1.807, 2.05) is 31.2 Å². The minimum atomic E-state index is -0.830. The summed E-state index contributed by atoms with van der Waals surface area (Å²) in [5.74, 6) is -0.390. The highest BCUT2D eigenvalue weighted by Gasteiger charge is 2.15. The average molecular weight is 309 g/mol. The van der Waals surface area contributed by atoms with Gasteiger partial charge in [0.1, 0.15) is 5.82 Å². The van der Waals surface area contributed by atoms with Gasteiger partial charge in [-0.2, -0.15) is 0 Å². The van der Waals surface area contributed by atoms with Crippen molar-refractivity contribution in [3.63, 3.8) is 0 Å². The topological polar surface area (TPSA) is 20.2 Å². The number of aryl methyl sites for hydroxylation is 1. The lowest BCUT2D eigenvalue weighted by atomic mass is 9.98. The second kappa shape index (κ2) is 5.63. The van der Waals surface area contributed by atoms with Gasteiger partial charge in [-0.3, -0.25) is 0 Å². The predicted octanol–water partition coefficient (Wildman–Crippen LogP) is 4.17. The van der Waals surface area contributed by atoms with Gasteiger partial charge in [0, 0.05) is 12.0 Å². The molecule has 2 aromatic carbocycles. The Balaban J connectivity index is 2.25. The van der Waals surface area contributed by atoms with Gasteiger partial charge in [-0.05, 0) is 40.0 Å². The van der Waals surface area contributed by atoms with E-state index >= 15 is 0 Å². The molecule has 2 aromatic rings. The highest BCUT2D eigenvalue weighted by atomic mass is 79.9. The van der Waals surface area contributed by atoms with E-state index < -0.39 is 11.9 Å². The molecule has 0 aliphatic carbocycles. The van der Waals surface area contributed by atoms with Crippen LogP contribution in [0.25, 0.3) is 0 Å². The highest BCUT2D eigenvalue weighted by molar-refractivity contribution is 9.10. The molecule has 18 heavy (non-hydrogen) atoms. The Labute approximate surface area is 114 Å². The molecule has 0 aromatic heterocycles. The number of benzene rings is 2. The smallest absolute Gasteiger partial charge is 0.143 e. The molecule has 1 atom stereocenters. The van der Waals surface area contributed by atoms with Crippen molar-refractivity contribution in [1.82, 2.24) is 0 Å². The molecule has 94 valence electrons. The Morgan fingerprint density at radius 1 is 1.17 bits per heavy atom. The first kappa shape index (κ1) is 13.2. The van der Waals surface area contributed by atoms with Crippen molar-refractivity contribution < 1.29 is 9.50 Å². The maximum atomic E-state index is 13.8. The summed E-state index contributed by atoms with van der Waals surface area (Å²) in [6.45, 7) is 1.99. The maximum absolute atomic E-state index is 13.8. The van der Waals surface area contributed by atoms with Gasteiger partial charge in [0.2, 0.25) is 0 Å². The van der Waals surface area contributed by atoms with E-state index in [9.17, 15) is 9.50 Å². The van der Waals surface area contributed by atoms with Crippen LogP contribution < -0.4 is 0 Å². The Hall–Kier alpha value is -1.19. The molecule has 1 N–H and O–H groups in total. The van der Waals surface area contributed by atoms with Gasteiger partial charge < -0.3 is 5.11 Å². The quantitative estimate of drug-likeness (QED) is 0.902. The van der Waals surface area contributed by atoms with Crippen molar-refractivity contribution in [2.75, 3.05) is 0 Å². The molecule has 1 unspecified atom stereocenters. The molecule has 0 saturated heterocycles. The summed E-state index contributed by atoms with van der Waals surface area (Å²) < 4.78 is 14.2. The third kappa shape index (κ3) is 2.79. The van der Waals surface area contributed by atoms with Crippen LogP contribution in [0.5, 0.6) is 0 Å². The number of rotatable bonds is 3. The molecule has 3 heteroatoms. The monoisotopic (exact) mass is 308 g/mol. The lowest BCUT2D eigenvalue weighted by Crippen LogP contribution is -2.05. The fourth-order valence-electron chi connectivity index (χ4n) is 1.94. The number of hydrogen-bond donors (Lipinski definition) is 1. The van der Waals surface area contributed by atoms with Crippen LogP contribution in [-0.2, 0) is 6.42 Å². The molecule has 0 heterocycles. The van der Waals surface area contributed by atoms with Crippen LogP contribution >= 0.6 is 15.9 Å². The van der Waals surface area contributed by atoms with Crippen LogP contribution in [0.1, 0.15) is 22.8 Å². The summed E-state index contributed by atoms with van der Waals surface area (Å²) in [6, 6.07) is 12.8. The lowest BCUT2D eigenvalue weighted by molar-refractivity contribution is 0.173. The van der Waals surface area contributed by atoms with Gasteiger partial charge in [0.15, 0.2) is 0 Å². The Bertz CT molecular complexity index is 554. The van der Waals surface area contributed by atoms with Gasteiger partial charge >= 0.3 is 0 Å². The van der Waals surface area contributed by atoms with E-state index in [0.717, 1.165) is 11.1 Å². The van der Waals surface area contributed by atoms with Gasteiger partial charge in [0.05, 0.1) is 10.6 Å². The van der Waals surface area contributed by atoms with Gasteiger partial charge in [-0.25, -0.2) is 4.39 Å². The van der Waals surface area contributed by atoms with E-state index in [0.29, 0.717) is 16.5 Å². The average Bonchev–Trinajstić information content (AvgIpc) is 2.35. The van der Waals surface area contributed by atoms with Crippen LogP contribution in [0.15, 0.2) is 46.9 Å².